The molecule has 1 amide bonds. The highest BCUT2D eigenvalue weighted by molar-refractivity contribution is 6.35. The largest absolute Gasteiger partial charge is 0.449 e. The van der Waals surface area contributed by atoms with Gasteiger partial charge in [0.25, 0.3) is 5.91 Å². The smallest absolute Gasteiger partial charge is 0.338 e. The van der Waals surface area contributed by atoms with E-state index in [4.69, 9.17) is 32.7 Å². The van der Waals surface area contributed by atoms with Gasteiger partial charge in [0, 0.05) is 17.2 Å². The maximum absolute atomic E-state index is 12.3. The van der Waals surface area contributed by atoms with Crippen molar-refractivity contribution in [1.82, 2.24) is 5.32 Å². The monoisotopic (exact) mass is 409 g/mol. The van der Waals surface area contributed by atoms with E-state index in [9.17, 15) is 9.59 Å². The van der Waals surface area contributed by atoms with Gasteiger partial charge in [-0.2, -0.15) is 0 Å². The molecule has 0 aliphatic heterocycles. The van der Waals surface area contributed by atoms with Crippen LogP contribution in [0.1, 0.15) is 41.4 Å². The number of esters is 1. The van der Waals surface area contributed by atoms with Gasteiger partial charge in [-0.3, -0.25) is 4.79 Å². The molecule has 0 radical (unpaired) electrons. The third-order valence-electron chi connectivity index (χ3n) is 3.94. The van der Waals surface area contributed by atoms with Crippen LogP contribution in [-0.2, 0) is 20.9 Å². The van der Waals surface area contributed by atoms with E-state index >= 15 is 0 Å². The summed E-state index contributed by atoms with van der Waals surface area (Å²) in [7, 11) is 1.60. The number of methoxy groups -OCH3 is 1. The lowest BCUT2D eigenvalue weighted by atomic mass is 10.1. The first-order valence-corrected chi connectivity index (χ1v) is 9.11. The van der Waals surface area contributed by atoms with E-state index in [-0.39, 0.29) is 6.04 Å². The van der Waals surface area contributed by atoms with Crippen LogP contribution in [0.4, 0.5) is 0 Å². The van der Waals surface area contributed by atoms with Gasteiger partial charge < -0.3 is 14.8 Å². The van der Waals surface area contributed by atoms with E-state index in [0.29, 0.717) is 22.2 Å². The number of amides is 1. The van der Waals surface area contributed by atoms with Crippen LogP contribution < -0.4 is 5.32 Å². The number of nitrogens with one attached hydrogen (secondary N) is 1. The van der Waals surface area contributed by atoms with Crippen LogP contribution in [0.2, 0.25) is 10.0 Å². The lowest BCUT2D eigenvalue weighted by Gasteiger charge is -2.19. The molecule has 2 aromatic rings. The number of ether oxygens (including phenoxy) is 2. The van der Waals surface area contributed by atoms with Crippen LogP contribution in [0.5, 0.6) is 0 Å². The average Bonchev–Trinajstić information content (AvgIpc) is 2.62. The fourth-order valence-corrected chi connectivity index (χ4v) is 3.02. The second-order valence-electron chi connectivity index (χ2n) is 6.07. The molecule has 0 spiro atoms. The van der Waals surface area contributed by atoms with Crippen LogP contribution in [0.25, 0.3) is 0 Å². The third kappa shape index (κ3) is 5.96. The second-order valence-corrected chi connectivity index (χ2v) is 6.92. The highest BCUT2D eigenvalue weighted by Gasteiger charge is 2.21. The minimum atomic E-state index is -0.954. The molecule has 0 saturated carbocycles. The number of benzene rings is 2. The van der Waals surface area contributed by atoms with Crippen molar-refractivity contribution >= 4 is 35.1 Å². The molecule has 0 heterocycles. The summed E-state index contributed by atoms with van der Waals surface area (Å²) < 4.78 is 10.3. The predicted octanol–water partition coefficient (Wildman–Crippen LogP) is 4.56. The molecule has 7 heteroatoms. The van der Waals surface area contributed by atoms with E-state index < -0.39 is 18.0 Å². The van der Waals surface area contributed by atoms with Crippen molar-refractivity contribution in [3.05, 3.63) is 69.2 Å². The SMILES string of the molecule is COCc1ccc(C(=O)O[C@@H](C)C(=O)N[C@@H](C)c2ccc(Cl)cc2Cl)cc1. The molecule has 0 unspecified atom stereocenters. The maximum Gasteiger partial charge on any atom is 0.338 e. The number of rotatable bonds is 7. The maximum atomic E-state index is 12.3. The highest BCUT2D eigenvalue weighted by atomic mass is 35.5. The number of carbonyl (C=O) groups is 2. The molecule has 2 rings (SSSR count). The Morgan fingerprint density at radius 3 is 2.33 bits per heavy atom. The fourth-order valence-electron chi connectivity index (χ4n) is 2.45. The molecule has 5 nitrogen and oxygen atoms in total. The van der Waals surface area contributed by atoms with Gasteiger partial charge in [0.2, 0.25) is 0 Å². The predicted molar refractivity (Wildman–Crippen MR) is 105 cm³/mol. The zero-order chi connectivity index (χ0) is 20.0. The van der Waals surface area contributed by atoms with Gasteiger partial charge in [-0.15, -0.1) is 0 Å². The Morgan fingerprint density at radius 1 is 1.07 bits per heavy atom. The minimum Gasteiger partial charge on any atom is -0.449 e. The third-order valence-corrected chi connectivity index (χ3v) is 4.50. The number of halogens is 2. The Labute approximate surface area is 168 Å². The number of hydrogen-bond acceptors (Lipinski definition) is 4. The lowest BCUT2D eigenvalue weighted by molar-refractivity contribution is -0.129. The van der Waals surface area contributed by atoms with Gasteiger partial charge in [0.05, 0.1) is 18.2 Å². The molecule has 27 heavy (non-hydrogen) atoms. The molecular weight excluding hydrogens is 389 g/mol. The highest BCUT2D eigenvalue weighted by Crippen LogP contribution is 2.26. The van der Waals surface area contributed by atoms with Crippen LogP contribution in [-0.4, -0.2) is 25.1 Å². The van der Waals surface area contributed by atoms with Crippen molar-refractivity contribution < 1.29 is 19.1 Å². The van der Waals surface area contributed by atoms with Crippen molar-refractivity contribution in [1.29, 1.82) is 0 Å². The van der Waals surface area contributed by atoms with Crippen LogP contribution in [0.15, 0.2) is 42.5 Å². The van der Waals surface area contributed by atoms with E-state index in [1.807, 2.05) is 0 Å². The van der Waals surface area contributed by atoms with Gasteiger partial charge >= 0.3 is 5.97 Å². The van der Waals surface area contributed by atoms with Crippen molar-refractivity contribution in [2.75, 3.05) is 7.11 Å². The van der Waals surface area contributed by atoms with Crippen molar-refractivity contribution in [3.63, 3.8) is 0 Å². The molecule has 0 aliphatic carbocycles. The molecule has 0 fully saturated rings. The van der Waals surface area contributed by atoms with E-state index in [2.05, 4.69) is 5.32 Å². The fraction of sp³-hybridized carbons (Fsp3) is 0.300. The first-order valence-electron chi connectivity index (χ1n) is 8.36. The van der Waals surface area contributed by atoms with Crippen LogP contribution >= 0.6 is 23.2 Å². The van der Waals surface area contributed by atoms with Crippen molar-refractivity contribution in [3.8, 4) is 0 Å². The zero-order valence-electron chi connectivity index (χ0n) is 15.3. The summed E-state index contributed by atoms with van der Waals surface area (Å²) in [5, 5.41) is 3.75. The van der Waals surface area contributed by atoms with Gasteiger partial charge in [-0.25, -0.2) is 4.79 Å². The summed E-state index contributed by atoms with van der Waals surface area (Å²) in [6.45, 7) is 3.76. The Kier molecular flexibility index (Phi) is 7.66. The Bertz CT molecular complexity index is 808. The molecule has 0 aliphatic rings. The summed E-state index contributed by atoms with van der Waals surface area (Å²) in [5.41, 5.74) is 2.03. The van der Waals surface area contributed by atoms with E-state index in [1.54, 1.807) is 56.5 Å². The normalized spacial score (nSPS) is 12.9. The lowest BCUT2D eigenvalue weighted by Crippen LogP contribution is -2.37. The molecule has 144 valence electrons. The number of carbonyl (C=O) groups excluding carboxylic acids is 2. The van der Waals surface area contributed by atoms with E-state index in [0.717, 1.165) is 11.1 Å². The summed E-state index contributed by atoms with van der Waals surface area (Å²) in [6, 6.07) is 11.5. The molecule has 2 aromatic carbocycles. The molecule has 2 atom stereocenters. The van der Waals surface area contributed by atoms with E-state index in [1.165, 1.54) is 6.92 Å². The zero-order valence-corrected chi connectivity index (χ0v) is 16.8. The number of hydrogen-bond donors (Lipinski definition) is 1. The first-order chi connectivity index (χ1) is 12.8. The summed E-state index contributed by atoms with van der Waals surface area (Å²) in [4.78, 5) is 24.5. The molecule has 0 saturated heterocycles. The van der Waals surface area contributed by atoms with Crippen molar-refractivity contribution in [2.45, 2.75) is 32.6 Å². The van der Waals surface area contributed by atoms with Crippen LogP contribution in [0.3, 0.4) is 0 Å². The van der Waals surface area contributed by atoms with Gasteiger partial charge in [0.1, 0.15) is 0 Å². The Morgan fingerprint density at radius 2 is 1.74 bits per heavy atom. The molecule has 0 aromatic heterocycles. The average molecular weight is 410 g/mol. The molecule has 1 N–H and O–H groups in total. The van der Waals surface area contributed by atoms with Gasteiger partial charge in [0.15, 0.2) is 6.10 Å². The molecule has 0 bridgehead atoms. The Hall–Kier alpha value is -2.08. The summed E-state index contributed by atoms with van der Waals surface area (Å²) in [5.74, 6) is -0.989. The first kappa shape index (κ1) is 21.2. The van der Waals surface area contributed by atoms with Gasteiger partial charge in [-0.05, 0) is 49.2 Å². The summed E-state index contributed by atoms with van der Waals surface area (Å²) in [6.07, 6.45) is -0.954. The van der Waals surface area contributed by atoms with Crippen molar-refractivity contribution in [2.24, 2.45) is 0 Å². The van der Waals surface area contributed by atoms with Crippen LogP contribution in [0, 0.1) is 0 Å². The Balaban J connectivity index is 1.95. The quantitative estimate of drug-likeness (QED) is 0.680. The second kappa shape index (κ2) is 9.74. The molecular formula is C20H21Cl2NO4. The standard InChI is InChI=1S/C20H21Cl2NO4/c1-12(17-9-8-16(21)10-18(17)22)23-19(24)13(2)27-20(25)15-6-4-14(5-7-15)11-26-3/h4-10,12-13H,11H2,1-3H3,(H,23,24)/t12-,13-/m0/s1. The minimum absolute atomic E-state index is 0.364. The summed E-state index contributed by atoms with van der Waals surface area (Å²) >= 11 is 12.0. The topological polar surface area (TPSA) is 64.6 Å². The van der Waals surface area contributed by atoms with Gasteiger partial charge in [-0.1, -0.05) is 41.4 Å².